The topological polar surface area (TPSA) is 54.9 Å². The maximum Gasteiger partial charge on any atom is 0.148 e. The van der Waals surface area contributed by atoms with Gasteiger partial charge in [0.2, 0.25) is 0 Å². The lowest BCUT2D eigenvalue weighted by Crippen LogP contribution is -2.28. The molecule has 5 heteroatoms. The van der Waals surface area contributed by atoms with Crippen LogP contribution >= 0.6 is 0 Å². The Kier molecular flexibility index (Phi) is 3.43. The van der Waals surface area contributed by atoms with Crippen LogP contribution in [0.3, 0.4) is 0 Å². The summed E-state index contributed by atoms with van der Waals surface area (Å²) in [7, 11) is -1.02. The number of hydrogen-bond acceptors (Lipinski definition) is 4. The van der Waals surface area contributed by atoms with Gasteiger partial charge in [0.25, 0.3) is 0 Å². The van der Waals surface area contributed by atoms with E-state index < -0.39 is 10.8 Å². The van der Waals surface area contributed by atoms with Crippen LogP contribution < -0.4 is 5.32 Å². The Morgan fingerprint density at radius 2 is 2.33 bits per heavy atom. The molecule has 0 spiro atoms. The number of hydrogen-bond donors (Lipinski definition) is 1. The Hall–Kier alpha value is -0.810. The second-order valence-corrected chi connectivity index (χ2v) is 5.16. The molecule has 1 aromatic heterocycles. The predicted molar refractivity (Wildman–Crippen MR) is 59.1 cm³/mol. The summed E-state index contributed by atoms with van der Waals surface area (Å²) in [6.45, 7) is 2.89. The van der Waals surface area contributed by atoms with E-state index in [0.29, 0.717) is 16.8 Å². The molecule has 0 bridgehead atoms. The predicted octanol–water partition coefficient (Wildman–Crippen LogP) is 0.645. The second-order valence-electron chi connectivity index (χ2n) is 3.75. The summed E-state index contributed by atoms with van der Waals surface area (Å²) < 4.78 is 12.0. The van der Waals surface area contributed by atoms with Gasteiger partial charge in [-0.25, -0.2) is 4.98 Å². The van der Waals surface area contributed by atoms with Crippen LogP contribution in [0.2, 0.25) is 0 Å². The van der Waals surface area contributed by atoms with Crippen LogP contribution in [0.5, 0.6) is 0 Å². The first-order valence-corrected chi connectivity index (χ1v) is 6.48. The van der Waals surface area contributed by atoms with Crippen molar-refractivity contribution >= 4 is 10.8 Å². The molecule has 2 rings (SSSR count). The lowest BCUT2D eigenvalue weighted by Gasteiger charge is -2.09. The Labute approximate surface area is 92.0 Å². The summed E-state index contributed by atoms with van der Waals surface area (Å²) in [5, 5.41) is 3.97. The van der Waals surface area contributed by atoms with Gasteiger partial charge in [-0.15, -0.1) is 0 Å². The lowest BCUT2D eigenvalue weighted by atomic mass is 10.3. The lowest BCUT2D eigenvalue weighted by molar-refractivity contribution is 0.640. The smallest absolute Gasteiger partial charge is 0.148 e. The highest BCUT2D eigenvalue weighted by Gasteiger charge is 2.19. The van der Waals surface area contributed by atoms with E-state index in [1.54, 1.807) is 12.4 Å². The summed E-state index contributed by atoms with van der Waals surface area (Å²) in [6, 6.07) is 0.382. The molecule has 0 radical (unpaired) electrons. The van der Waals surface area contributed by atoms with Gasteiger partial charge >= 0.3 is 0 Å². The van der Waals surface area contributed by atoms with Gasteiger partial charge in [-0.05, 0) is 26.3 Å². The van der Waals surface area contributed by atoms with Gasteiger partial charge < -0.3 is 5.32 Å². The molecule has 82 valence electrons. The fourth-order valence-electron chi connectivity index (χ4n) is 1.78. The van der Waals surface area contributed by atoms with Gasteiger partial charge in [0, 0.05) is 24.2 Å². The van der Waals surface area contributed by atoms with E-state index in [9.17, 15) is 4.21 Å². The summed E-state index contributed by atoms with van der Waals surface area (Å²) >= 11 is 0. The van der Waals surface area contributed by atoms with Gasteiger partial charge in [0.05, 0.1) is 16.5 Å². The molecule has 1 saturated heterocycles. The van der Waals surface area contributed by atoms with Crippen LogP contribution in [0.15, 0.2) is 17.4 Å². The largest absolute Gasteiger partial charge is 0.313 e. The molecule has 0 aromatic carbocycles. The SMILES string of the molecule is Cc1nccnc1[S@@](=O)C[C@@H]1CCCN1. The van der Waals surface area contributed by atoms with E-state index in [1.165, 1.54) is 6.42 Å². The van der Waals surface area contributed by atoms with Crippen LogP contribution in [0.25, 0.3) is 0 Å². The zero-order valence-electron chi connectivity index (χ0n) is 8.77. The molecule has 0 saturated carbocycles. The van der Waals surface area contributed by atoms with Crippen molar-refractivity contribution in [2.45, 2.75) is 30.8 Å². The minimum Gasteiger partial charge on any atom is -0.313 e. The highest BCUT2D eigenvalue weighted by atomic mass is 32.2. The highest BCUT2D eigenvalue weighted by Crippen LogP contribution is 2.12. The molecular weight excluding hydrogens is 210 g/mol. The summed E-state index contributed by atoms with van der Waals surface area (Å²) in [4.78, 5) is 8.23. The van der Waals surface area contributed by atoms with Crippen molar-refractivity contribution in [3.05, 3.63) is 18.1 Å². The molecule has 1 N–H and O–H groups in total. The maximum absolute atomic E-state index is 12.0. The monoisotopic (exact) mass is 225 g/mol. The third kappa shape index (κ3) is 2.60. The van der Waals surface area contributed by atoms with Crippen molar-refractivity contribution in [2.24, 2.45) is 0 Å². The quantitative estimate of drug-likeness (QED) is 0.820. The number of rotatable bonds is 3. The standard InChI is InChI=1S/C10H15N3OS/c1-8-10(13-6-5-11-8)15(14)7-9-3-2-4-12-9/h5-6,9,12H,2-4,7H2,1H3/t9-,15-/m0/s1. The first-order chi connectivity index (χ1) is 7.27. The molecule has 1 aliphatic heterocycles. The summed E-state index contributed by atoms with van der Waals surface area (Å²) in [6.07, 6.45) is 5.53. The fraction of sp³-hybridized carbons (Fsp3) is 0.600. The van der Waals surface area contributed by atoms with Crippen molar-refractivity contribution in [3.8, 4) is 0 Å². The Morgan fingerprint density at radius 1 is 1.53 bits per heavy atom. The number of aryl methyl sites for hydroxylation is 1. The number of nitrogens with one attached hydrogen (secondary N) is 1. The van der Waals surface area contributed by atoms with Crippen molar-refractivity contribution in [3.63, 3.8) is 0 Å². The van der Waals surface area contributed by atoms with Crippen molar-refractivity contribution < 1.29 is 4.21 Å². The van der Waals surface area contributed by atoms with E-state index in [1.807, 2.05) is 6.92 Å². The zero-order chi connectivity index (χ0) is 10.7. The Morgan fingerprint density at radius 3 is 3.00 bits per heavy atom. The second kappa shape index (κ2) is 4.81. The first-order valence-electron chi connectivity index (χ1n) is 5.17. The fourth-order valence-corrected chi connectivity index (χ4v) is 3.15. The molecule has 4 nitrogen and oxygen atoms in total. The van der Waals surface area contributed by atoms with E-state index in [-0.39, 0.29) is 0 Å². The van der Waals surface area contributed by atoms with Crippen molar-refractivity contribution in [1.82, 2.24) is 15.3 Å². The summed E-state index contributed by atoms with van der Waals surface area (Å²) in [5.74, 6) is 0.652. The van der Waals surface area contributed by atoms with Crippen LogP contribution in [0, 0.1) is 6.92 Å². The molecular formula is C10H15N3OS. The molecule has 1 aromatic rings. The van der Waals surface area contributed by atoms with Crippen LogP contribution in [-0.4, -0.2) is 32.5 Å². The normalized spacial score (nSPS) is 22.9. The van der Waals surface area contributed by atoms with Gasteiger partial charge in [-0.2, -0.15) is 0 Å². The van der Waals surface area contributed by atoms with Crippen LogP contribution in [0.4, 0.5) is 0 Å². The molecule has 1 fully saturated rings. The van der Waals surface area contributed by atoms with E-state index in [4.69, 9.17) is 0 Å². The van der Waals surface area contributed by atoms with Gasteiger partial charge in [0.1, 0.15) is 5.03 Å². The van der Waals surface area contributed by atoms with Crippen LogP contribution in [-0.2, 0) is 10.8 Å². The number of aromatic nitrogens is 2. The minimum absolute atomic E-state index is 0.382. The third-order valence-electron chi connectivity index (χ3n) is 2.57. The first kappa shape index (κ1) is 10.7. The molecule has 1 aliphatic rings. The Bertz CT molecular complexity index is 363. The van der Waals surface area contributed by atoms with Gasteiger partial charge in [-0.1, -0.05) is 0 Å². The van der Waals surface area contributed by atoms with Gasteiger partial charge in [0.15, 0.2) is 0 Å². The van der Waals surface area contributed by atoms with Crippen molar-refractivity contribution in [2.75, 3.05) is 12.3 Å². The van der Waals surface area contributed by atoms with Crippen LogP contribution in [0.1, 0.15) is 18.5 Å². The Balaban J connectivity index is 2.04. The average Bonchev–Trinajstić information content (AvgIpc) is 2.71. The third-order valence-corrected chi connectivity index (χ3v) is 4.10. The van der Waals surface area contributed by atoms with Gasteiger partial charge in [-0.3, -0.25) is 9.19 Å². The minimum atomic E-state index is -1.02. The highest BCUT2D eigenvalue weighted by molar-refractivity contribution is 7.85. The molecule has 2 atom stereocenters. The zero-order valence-corrected chi connectivity index (χ0v) is 9.59. The number of nitrogens with zero attached hydrogens (tertiary/aromatic N) is 2. The average molecular weight is 225 g/mol. The van der Waals surface area contributed by atoms with E-state index >= 15 is 0 Å². The molecule has 0 aliphatic carbocycles. The van der Waals surface area contributed by atoms with E-state index in [0.717, 1.165) is 18.7 Å². The molecule has 0 amide bonds. The van der Waals surface area contributed by atoms with E-state index in [2.05, 4.69) is 15.3 Å². The molecule has 0 unspecified atom stereocenters. The maximum atomic E-state index is 12.0. The molecule has 15 heavy (non-hydrogen) atoms. The molecule has 2 heterocycles. The van der Waals surface area contributed by atoms with Crippen molar-refractivity contribution in [1.29, 1.82) is 0 Å². The summed E-state index contributed by atoms with van der Waals surface area (Å²) in [5.41, 5.74) is 0.772.